The molecule has 0 spiro atoms. The lowest BCUT2D eigenvalue weighted by Crippen LogP contribution is -2.42. The third-order valence-electron chi connectivity index (χ3n) is 4.90. The van der Waals surface area contributed by atoms with E-state index >= 15 is 0 Å². The van der Waals surface area contributed by atoms with Gasteiger partial charge < -0.3 is 14.6 Å². The van der Waals surface area contributed by atoms with E-state index in [9.17, 15) is 4.79 Å². The fraction of sp³-hybridized carbons (Fsp3) is 0.444. The standard InChI is InChI=1S/C18H21N3O2/c22-17(20-15-10-13-6-8-21(12-15)9-7-13)18-19-11-16(23-18)14-4-2-1-3-5-14/h1-5,11,13,15H,6-10,12H2,(H,20,22). The maximum Gasteiger partial charge on any atom is 0.307 e. The van der Waals surface area contributed by atoms with Crippen LogP contribution in [0.25, 0.3) is 11.3 Å². The van der Waals surface area contributed by atoms with Crippen LogP contribution in [0.2, 0.25) is 0 Å². The number of nitrogens with zero attached hydrogens (tertiary/aromatic N) is 2. The zero-order valence-corrected chi connectivity index (χ0v) is 13.1. The van der Waals surface area contributed by atoms with Crippen molar-refractivity contribution in [3.05, 3.63) is 42.4 Å². The summed E-state index contributed by atoms with van der Waals surface area (Å²) in [6.07, 6.45) is 5.19. The summed E-state index contributed by atoms with van der Waals surface area (Å²) in [6.45, 7) is 3.26. The molecule has 1 aromatic carbocycles. The summed E-state index contributed by atoms with van der Waals surface area (Å²) >= 11 is 0. The van der Waals surface area contributed by atoms with Crippen molar-refractivity contribution in [3.63, 3.8) is 0 Å². The molecule has 1 N–H and O–H groups in total. The Morgan fingerprint density at radius 2 is 2.00 bits per heavy atom. The quantitative estimate of drug-likeness (QED) is 0.946. The molecule has 1 aromatic heterocycles. The number of benzene rings is 1. The van der Waals surface area contributed by atoms with Gasteiger partial charge in [-0.05, 0) is 38.3 Å². The monoisotopic (exact) mass is 311 g/mol. The highest BCUT2D eigenvalue weighted by Crippen LogP contribution is 2.27. The molecule has 1 unspecified atom stereocenters. The van der Waals surface area contributed by atoms with Crippen molar-refractivity contribution in [2.75, 3.05) is 19.6 Å². The molecule has 3 saturated heterocycles. The van der Waals surface area contributed by atoms with Gasteiger partial charge >= 0.3 is 5.91 Å². The normalized spacial score (nSPS) is 26.7. The third-order valence-corrected chi connectivity index (χ3v) is 4.90. The van der Waals surface area contributed by atoms with E-state index in [1.807, 2.05) is 30.3 Å². The molecule has 1 atom stereocenters. The highest BCUT2D eigenvalue weighted by Gasteiger charge is 2.30. The molecule has 0 aliphatic carbocycles. The van der Waals surface area contributed by atoms with Crippen LogP contribution in [0.3, 0.4) is 0 Å². The number of amides is 1. The van der Waals surface area contributed by atoms with Gasteiger partial charge in [-0.25, -0.2) is 4.98 Å². The average Bonchev–Trinajstić information content (AvgIpc) is 2.91. The Labute approximate surface area is 135 Å². The van der Waals surface area contributed by atoms with Crippen molar-refractivity contribution in [3.8, 4) is 11.3 Å². The molecular weight excluding hydrogens is 290 g/mol. The minimum absolute atomic E-state index is 0.149. The van der Waals surface area contributed by atoms with Crippen LogP contribution in [-0.4, -0.2) is 41.5 Å². The molecule has 1 amide bonds. The van der Waals surface area contributed by atoms with Gasteiger partial charge in [0, 0.05) is 18.2 Å². The van der Waals surface area contributed by atoms with Crippen molar-refractivity contribution in [2.24, 2.45) is 5.92 Å². The summed E-state index contributed by atoms with van der Waals surface area (Å²) in [6, 6.07) is 9.91. The Bertz CT molecular complexity index is 661. The van der Waals surface area contributed by atoms with Crippen molar-refractivity contribution in [1.29, 1.82) is 0 Å². The molecule has 23 heavy (non-hydrogen) atoms. The third kappa shape index (κ3) is 3.15. The predicted octanol–water partition coefficient (Wildman–Crippen LogP) is 2.56. The molecule has 3 fully saturated rings. The lowest BCUT2D eigenvalue weighted by atomic mass is 9.94. The first-order valence-corrected chi connectivity index (χ1v) is 8.32. The Kier molecular flexibility index (Phi) is 3.87. The van der Waals surface area contributed by atoms with E-state index in [1.165, 1.54) is 12.8 Å². The van der Waals surface area contributed by atoms with Crippen LogP contribution in [-0.2, 0) is 0 Å². The summed E-state index contributed by atoms with van der Waals surface area (Å²) in [5.74, 6) is 1.30. The van der Waals surface area contributed by atoms with Crippen molar-refractivity contribution in [1.82, 2.24) is 15.2 Å². The molecule has 5 rings (SSSR count). The van der Waals surface area contributed by atoms with Crippen LogP contribution in [0, 0.1) is 5.92 Å². The summed E-state index contributed by atoms with van der Waals surface area (Å²) in [5, 5.41) is 3.10. The number of carbonyl (C=O) groups excluding carboxylic acids is 1. The maximum absolute atomic E-state index is 12.4. The van der Waals surface area contributed by atoms with E-state index in [4.69, 9.17) is 4.42 Å². The van der Waals surface area contributed by atoms with Crippen molar-refractivity contribution >= 4 is 5.91 Å². The largest absolute Gasteiger partial charge is 0.432 e. The molecule has 120 valence electrons. The van der Waals surface area contributed by atoms with Gasteiger partial charge in [0.15, 0.2) is 5.76 Å². The molecule has 3 aliphatic heterocycles. The minimum Gasteiger partial charge on any atom is -0.432 e. The smallest absolute Gasteiger partial charge is 0.307 e. The van der Waals surface area contributed by atoms with Gasteiger partial charge in [0.05, 0.1) is 6.20 Å². The molecular formula is C18H21N3O2. The van der Waals surface area contributed by atoms with Gasteiger partial charge in [-0.3, -0.25) is 4.79 Å². The van der Waals surface area contributed by atoms with Crippen LogP contribution in [0.15, 0.2) is 40.9 Å². The summed E-state index contributed by atoms with van der Waals surface area (Å²) in [5.41, 5.74) is 0.928. The van der Waals surface area contributed by atoms with Crippen LogP contribution in [0.4, 0.5) is 0 Å². The Hall–Kier alpha value is -2.14. The highest BCUT2D eigenvalue weighted by atomic mass is 16.4. The zero-order chi connectivity index (χ0) is 15.6. The minimum atomic E-state index is -0.209. The van der Waals surface area contributed by atoms with Crippen molar-refractivity contribution < 1.29 is 9.21 Å². The molecule has 2 aromatic rings. The summed E-state index contributed by atoms with van der Waals surface area (Å²) in [4.78, 5) is 19.0. The fourth-order valence-electron chi connectivity index (χ4n) is 3.66. The van der Waals surface area contributed by atoms with Crippen LogP contribution < -0.4 is 5.32 Å². The second-order valence-electron chi connectivity index (χ2n) is 6.55. The molecule has 0 saturated carbocycles. The first-order chi connectivity index (χ1) is 11.3. The molecule has 0 radical (unpaired) electrons. The van der Waals surface area contributed by atoms with Gasteiger partial charge in [-0.15, -0.1) is 0 Å². The van der Waals surface area contributed by atoms with Crippen molar-refractivity contribution in [2.45, 2.75) is 25.3 Å². The van der Waals surface area contributed by atoms with E-state index in [2.05, 4.69) is 15.2 Å². The van der Waals surface area contributed by atoms with Gasteiger partial charge in [0.1, 0.15) is 0 Å². The first kappa shape index (κ1) is 14.5. The SMILES string of the molecule is O=C(NC1CC2CCN(CC2)C1)c1ncc(-c2ccccc2)o1. The second-order valence-corrected chi connectivity index (χ2v) is 6.55. The zero-order valence-electron chi connectivity index (χ0n) is 13.1. The highest BCUT2D eigenvalue weighted by molar-refractivity contribution is 5.90. The number of piperidine rings is 1. The van der Waals surface area contributed by atoms with Gasteiger partial charge in [-0.1, -0.05) is 30.3 Å². The fourth-order valence-corrected chi connectivity index (χ4v) is 3.66. The van der Waals surface area contributed by atoms with E-state index in [0.29, 0.717) is 5.76 Å². The average molecular weight is 311 g/mol. The number of oxazole rings is 1. The van der Waals surface area contributed by atoms with E-state index in [1.54, 1.807) is 6.20 Å². The Balaban J connectivity index is 1.44. The van der Waals surface area contributed by atoms with Gasteiger partial charge in [-0.2, -0.15) is 0 Å². The summed E-state index contributed by atoms with van der Waals surface area (Å²) < 4.78 is 5.64. The number of rotatable bonds is 3. The predicted molar refractivity (Wildman–Crippen MR) is 87.0 cm³/mol. The number of carbonyl (C=O) groups is 1. The Morgan fingerprint density at radius 1 is 1.22 bits per heavy atom. The number of nitrogens with one attached hydrogen (secondary N) is 1. The first-order valence-electron chi connectivity index (χ1n) is 8.32. The maximum atomic E-state index is 12.4. The Morgan fingerprint density at radius 3 is 2.78 bits per heavy atom. The topological polar surface area (TPSA) is 58.4 Å². The number of hydrogen-bond acceptors (Lipinski definition) is 4. The lowest BCUT2D eigenvalue weighted by molar-refractivity contribution is 0.0894. The van der Waals surface area contributed by atoms with E-state index < -0.39 is 0 Å². The molecule has 4 heterocycles. The van der Waals surface area contributed by atoms with Crippen LogP contribution >= 0.6 is 0 Å². The molecule has 5 nitrogen and oxygen atoms in total. The summed E-state index contributed by atoms with van der Waals surface area (Å²) in [7, 11) is 0. The van der Waals surface area contributed by atoms with Crippen LogP contribution in [0.5, 0.6) is 0 Å². The van der Waals surface area contributed by atoms with Gasteiger partial charge in [0.2, 0.25) is 0 Å². The number of hydrogen-bond donors (Lipinski definition) is 1. The van der Waals surface area contributed by atoms with Crippen LogP contribution in [0.1, 0.15) is 29.9 Å². The number of aromatic nitrogens is 1. The van der Waals surface area contributed by atoms with E-state index in [-0.39, 0.29) is 17.8 Å². The molecule has 2 bridgehead atoms. The molecule has 3 aliphatic rings. The lowest BCUT2D eigenvalue weighted by Gasteiger charge is -2.26. The number of fused-ring (bicyclic) bond motifs is 4. The van der Waals surface area contributed by atoms with E-state index in [0.717, 1.165) is 37.5 Å². The second kappa shape index (κ2) is 6.16. The van der Waals surface area contributed by atoms with Gasteiger partial charge in [0.25, 0.3) is 5.89 Å². The molecule has 5 heteroatoms.